The number of hydroxylamine groups is 1. The van der Waals surface area contributed by atoms with Gasteiger partial charge in [-0.3, -0.25) is 19.6 Å². The van der Waals surface area contributed by atoms with Gasteiger partial charge in [-0.2, -0.15) is 0 Å². The summed E-state index contributed by atoms with van der Waals surface area (Å²) in [6.45, 7) is 3.26. The van der Waals surface area contributed by atoms with E-state index in [-0.39, 0.29) is 12.3 Å². The van der Waals surface area contributed by atoms with Gasteiger partial charge < -0.3 is 16.2 Å². The van der Waals surface area contributed by atoms with Gasteiger partial charge in [0.2, 0.25) is 11.8 Å². The van der Waals surface area contributed by atoms with Gasteiger partial charge in [-0.05, 0) is 42.4 Å². The van der Waals surface area contributed by atoms with E-state index in [0.717, 1.165) is 16.7 Å². The Bertz CT molecular complexity index is 900. The highest BCUT2D eigenvalue weighted by molar-refractivity contribution is 5.87. The Labute approximate surface area is 187 Å². The number of hydrogen-bond donors (Lipinski definition) is 5. The molecule has 2 aromatic rings. The Balaban J connectivity index is 1.95. The summed E-state index contributed by atoms with van der Waals surface area (Å²) in [7, 11) is 0. The molecule has 32 heavy (non-hydrogen) atoms. The van der Waals surface area contributed by atoms with E-state index in [2.05, 4.69) is 5.32 Å². The largest absolute Gasteiger partial charge is 0.391 e. The molecule has 0 radical (unpaired) electrons. The molecule has 0 saturated carbocycles. The van der Waals surface area contributed by atoms with Crippen molar-refractivity contribution in [3.05, 3.63) is 60.2 Å². The Morgan fingerprint density at radius 2 is 1.56 bits per heavy atom. The number of primary amides is 1. The number of carbonyl (C=O) groups is 3. The Kier molecular flexibility index (Phi) is 9.37. The molecule has 0 aliphatic heterocycles. The van der Waals surface area contributed by atoms with Crippen molar-refractivity contribution in [3.63, 3.8) is 0 Å². The average molecular weight is 442 g/mol. The molecule has 0 saturated heterocycles. The lowest BCUT2D eigenvalue weighted by Gasteiger charge is -2.21. The molecule has 0 aromatic heterocycles. The van der Waals surface area contributed by atoms with E-state index in [9.17, 15) is 19.5 Å². The number of nitrogens with two attached hydrogens (primary N) is 1. The third-order valence-electron chi connectivity index (χ3n) is 5.46. The zero-order valence-corrected chi connectivity index (χ0v) is 18.3. The summed E-state index contributed by atoms with van der Waals surface area (Å²) in [5, 5.41) is 20.7. The summed E-state index contributed by atoms with van der Waals surface area (Å²) in [4.78, 5) is 35.8. The third kappa shape index (κ3) is 7.18. The number of aliphatic hydroxyl groups excluding tert-OH is 1. The van der Waals surface area contributed by atoms with Crippen molar-refractivity contribution in [1.82, 2.24) is 10.8 Å². The van der Waals surface area contributed by atoms with Crippen LogP contribution in [0.3, 0.4) is 0 Å². The Morgan fingerprint density at radius 3 is 2.09 bits per heavy atom. The minimum atomic E-state index is -1.25. The van der Waals surface area contributed by atoms with Crippen molar-refractivity contribution in [2.45, 2.75) is 51.2 Å². The monoisotopic (exact) mass is 441 g/mol. The minimum absolute atomic E-state index is 0.00344. The van der Waals surface area contributed by atoms with Gasteiger partial charge in [0.05, 0.1) is 12.0 Å². The summed E-state index contributed by atoms with van der Waals surface area (Å²) in [6.07, 6.45) is -0.127. The average Bonchev–Trinajstić information content (AvgIpc) is 2.79. The number of amides is 3. The maximum absolute atomic E-state index is 12.2. The zero-order chi connectivity index (χ0) is 23.7. The first-order chi connectivity index (χ1) is 15.2. The molecule has 2 rings (SSSR count). The van der Waals surface area contributed by atoms with Crippen molar-refractivity contribution in [2.75, 3.05) is 0 Å². The van der Waals surface area contributed by atoms with Crippen LogP contribution in [-0.2, 0) is 14.4 Å². The number of benzene rings is 2. The van der Waals surface area contributed by atoms with Crippen LogP contribution >= 0.6 is 0 Å². The van der Waals surface area contributed by atoms with E-state index < -0.39 is 35.8 Å². The molecule has 8 heteroatoms. The molecule has 1 unspecified atom stereocenters. The topological polar surface area (TPSA) is 142 Å². The van der Waals surface area contributed by atoms with E-state index in [4.69, 9.17) is 10.9 Å². The molecule has 0 aliphatic carbocycles. The van der Waals surface area contributed by atoms with Gasteiger partial charge in [0.25, 0.3) is 5.91 Å². The fourth-order valence-corrected chi connectivity index (χ4v) is 3.57. The highest BCUT2D eigenvalue weighted by Crippen LogP contribution is 2.28. The molecule has 0 bridgehead atoms. The molecule has 2 aromatic carbocycles. The first kappa shape index (κ1) is 25.0. The highest BCUT2D eigenvalue weighted by Gasteiger charge is 2.26. The molecular formula is C24H31N3O5. The van der Waals surface area contributed by atoms with E-state index >= 15 is 0 Å². The maximum Gasteiger partial charge on any atom is 0.268 e. The van der Waals surface area contributed by atoms with Crippen LogP contribution in [0, 0.1) is 5.92 Å². The standard InChI is InChI=1S/C24H31N3O5/c1-15(8-13-21(29)26-22(16(2)28)24(31)27-32)14-20(23(25)30)19-11-9-18(10-12-19)17-6-4-3-5-7-17/h3-7,9-12,15-16,20,22,28,32H,8,13-14H2,1-2H3,(H2,25,30)(H,26,29)(H,27,31)/t15?,16-,20+,22+/m1/s1. The predicted octanol–water partition coefficient (Wildman–Crippen LogP) is 2.10. The molecule has 0 spiro atoms. The molecular weight excluding hydrogens is 410 g/mol. The van der Waals surface area contributed by atoms with Crippen LogP contribution in [-0.4, -0.2) is 40.2 Å². The van der Waals surface area contributed by atoms with Gasteiger partial charge in [-0.1, -0.05) is 61.5 Å². The van der Waals surface area contributed by atoms with Crippen molar-refractivity contribution in [3.8, 4) is 11.1 Å². The number of hydrogen-bond acceptors (Lipinski definition) is 5. The van der Waals surface area contributed by atoms with E-state index in [1.807, 2.05) is 61.5 Å². The van der Waals surface area contributed by atoms with Crippen LogP contribution in [0.5, 0.6) is 0 Å². The normalized spacial score (nSPS) is 14.6. The second-order valence-electron chi connectivity index (χ2n) is 8.08. The lowest BCUT2D eigenvalue weighted by Crippen LogP contribution is -2.51. The predicted molar refractivity (Wildman–Crippen MR) is 120 cm³/mol. The maximum atomic E-state index is 12.2. The Hall–Kier alpha value is -3.23. The van der Waals surface area contributed by atoms with Crippen LogP contribution in [0.15, 0.2) is 54.6 Å². The first-order valence-corrected chi connectivity index (χ1v) is 10.6. The second-order valence-corrected chi connectivity index (χ2v) is 8.08. The Morgan fingerprint density at radius 1 is 0.969 bits per heavy atom. The number of carbonyl (C=O) groups excluding carboxylic acids is 3. The van der Waals surface area contributed by atoms with E-state index in [1.165, 1.54) is 12.4 Å². The number of aliphatic hydroxyl groups is 1. The van der Waals surface area contributed by atoms with Gasteiger partial charge >= 0.3 is 0 Å². The fourth-order valence-electron chi connectivity index (χ4n) is 3.57. The molecule has 172 valence electrons. The van der Waals surface area contributed by atoms with Crippen LogP contribution in [0.25, 0.3) is 11.1 Å². The molecule has 6 N–H and O–H groups in total. The van der Waals surface area contributed by atoms with Crippen LogP contribution in [0.1, 0.15) is 44.6 Å². The van der Waals surface area contributed by atoms with E-state index in [0.29, 0.717) is 12.8 Å². The molecule has 3 amide bonds. The van der Waals surface area contributed by atoms with Gasteiger partial charge in [-0.25, -0.2) is 5.48 Å². The van der Waals surface area contributed by atoms with Crippen molar-refractivity contribution in [2.24, 2.45) is 11.7 Å². The van der Waals surface area contributed by atoms with Crippen molar-refractivity contribution < 1.29 is 24.7 Å². The first-order valence-electron chi connectivity index (χ1n) is 10.6. The van der Waals surface area contributed by atoms with Crippen molar-refractivity contribution in [1.29, 1.82) is 0 Å². The van der Waals surface area contributed by atoms with E-state index in [1.54, 1.807) is 0 Å². The van der Waals surface area contributed by atoms with Gasteiger partial charge in [-0.15, -0.1) is 0 Å². The lowest BCUT2D eigenvalue weighted by molar-refractivity contribution is -0.137. The summed E-state index contributed by atoms with van der Waals surface area (Å²) in [5.74, 6) is -2.24. The molecule has 0 aliphatic rings. The van der Waals surface area contributed by atoms with Crippen LogP contribution < -0.4 is 16.5 Å². The smallest absolute Gasteiger partial charge is 0.268 e. The number of rotatable bonds is 11. The zero-order valence-electron chi connectivity index (χ0n) is 18.3. The van der Waals surface area contributed by atoms with Crippen molar-refractivity contribution >= 4 is 17.7 Å². The molecule has 8 nitrogen and oxygen atoms in total. The highest BCUT2D eigenvalue weighted by atomic mass is 16.5. The van der Waals surface area contributed by atoms with Crippen LogP contribution in [0.4, 0.5) is 0 Å². The fraction of sp³-hybridized carbons (Fsp3) is 0.375. The SMILES string of the molecule is CC(CCC(=O)N[C@H](C(=O)NO)[C@@H](C)O)C[C@H](C(N)=O)c1ccc(-c2ccccc2)cc1. The van der Waals surface area contributed by atoms with Gasteiger partial charge in [0.15, 0.2) is 0 Å². The lowest BCUT2D eigenvalue weighted by atomic mass is 9.86. The van der Waals surface area contributed by atoms with Gasteiger partial charge in [0, 0.05) is 6.42 Å². The molecule has 0 fully saturated rings. The summed E-state index contributed by atoms with van der Waals surface area (Å²) in [5.41, 5.74) is 10.0. The molecule has 4 atom stereocenters. The molecule has 0 heterocycles. The number of nitrogens with one attached hydrogen (secondary N) is 2. The summed E-state index contributed by atoms with van der Waals surface area (Å²) in [6, 6.07) is 16.4. The van der Waals surface area contributed by atoms with Crippen LogP contribution in [0.2, 0.25) is 0 Å². The summed E-state index contributed by atoms with van der Waals surface area (Å²) < 4.78 is 0. The minimum Gasteiger partial charge on any atom is -0.391 e. The summed E-state index contributed by atoms with van der Waals surface area (Å²) >= 11 is 0. The third-order valence-corrected chi connectivity index (χ3v) is 5.46. The quantitative estimate of drug-likeness (QED) is 0.268. The van der Waals surface area contributed by atoms with Gasteiger partial charge in [0.1, 0.15) is 6.04 Å². The second kappa shape index (κ2) is 12.0.